The highest BCUT2D eigenvalue weighted by molar-refractivity contribution is 5.32. The van der Waals surface area contributed by atoms with Crippen molar-refractivity contribution in [1.29, 1.82) is 0 Å². The molecule has 1 saturated carbocycles. The van der Waals surface area contributed by atoms with Gasteiger partial charge in [0.1, 0.15) is 5.82 Å². The number of halogens is 4. The average molecular weight is 272 g/mol. The molecule has 1 aromatic carbocycles. The minimum atomic E-state index is -4.16. The number of hydrogen-bond donors (Lipinski definition) is 0. The van der Waals surface area contributed by atoms with E-state index in [1.54, 1.807) is 19.1 Å². The largest absolute Gasteiger partial charge is 0.392 e. The summed E-state index contributed by atoms with van der Waals surface area (Å²) in [5.74, 6) is -1.77. The third kappa shape index (κ3) is 2.99. The molecule has 0 aliphatic heterocycles. The van der Waals surface area contributed by atoms with E-state index in [1.807, 2.05) is 0 Å². The molecule has 0 spiro atoms. The summed E-state index contributed by atoms with van der Waals surface area (Å²) in [6, 6.07) is 4.86. The van der Waals surface area contributed by atoms with Crippen molar-refractivity contribution in [2.45, 2.75) is 38.3 Å². The first kappa shape index (κ1) is 14.1. The van der Waals surface area contributed by atoms with E-state index in [0.29, 0.717) is 17.6 Å². The van der Waals surface area contributed by atoms with Crippen LogP contribution in [-0.2, 0) is 0 Å². The third-order valence-corrected chi connectivity index (χ3v) is 3.87. The zero-order chi connectivity index (χ0) is 14.2. The molecule has 0 unspecified atom stereocenters. The van der Waals surface area contributed by atoms with Crippen LogP contribution in [-0.4, -0.2) is 6.18 Å². The summed E-state index contributed by atoms with van der Waals surface area (Å²) < 4.78 is 51.5. The first-order valence-electron chi connectivity index (χ1n) is 6.29. The molecule has 0 nitrogen and oxygen atoms in total. The molecule has 0 heterocycles. The molecular formula is C15H16F4. The van der Waals surface area contributed by atoms with Gasteiger partial charge in [-0.3, -0.25) is 0 Å². The Bertz CT molecular complexity index is 487. The Morgan fingerprint density at radius 3 is 2.42 bits per heavy atom. The van der Waals surface area contributed by atoms with Gasteiger partial charge in [-0.15, -0.1) is 0 Å². The minimum absolute atomic E-state index is 0.0519. The summed E-state index contributed by atoms with van der Waals surface area (Å²) in [6.07, 6.45) is -3.75. The Kier molecular flexibility index (Phi) is 3.70. The Hall–Kier alpha value is -1.32. The second-order valence-electron chi connectivity index (χ2n) is 5.24. The summed E-state index contributed by atoms with van der Waals surface area (Å²) in [7, 11) is 0. The van der Waals surface area contributed by atoms with Gasteiger partial charge in [-0.1, -0.05) is 24.3 Å². The van der Waals surface area contributed by atoms with E-state index < -0.39 is 12.1 Å². The number of rotatable bonds is 1. The van der Waals surface area contributed by atoms with Crippen LogP contribution in [0.4, 0.5) is 17.6 Å². The molecule has 0 N–H and O–H groups in total. The molecule has 0 amide bonds. The highest BCUT2D eigenvalue weighted by atomic mass is 19.4. The van der Waals surface area contributed by atoms with Gasteiger partial charge < -0.3 is 0 Å². The van der Waals surface area contributed by atoms with Crippen molar-refractivity contribution in [3.8, 4) is 0 Å². The molecule has 1 fully saturated rings. The van der Waals surface area contributed by atoms with Crippen molar-refractivity contribution in [3.63, 3.8) is 0 Å². The summed E-state index contributed by atoms with van der Waals surface area (Å²) in [4.78, 5) is 0. The molecule has 0 radical (unpaired) electrons. The molecule has 4 heteroatoms. The Labute approximate surface area is 110 Å². The van der Waals surface area contributed by atoms with Crippen molar-refractivity contribution in [3.05, 3.63) is 47.3 Å². The third-order valence-electron chi connectivity index (χ3n) is 3.87. The van der Waals surface area contributed by atoms with E-state index in [0.717, 1.165) is 5.56 Å². The van der Waals surface area contributed by atoms with Crippen LogP contribution in [0, 0.1) is 18.7 Å². The second kappa shape index (κ2) is 4.99. The lowest BCUT2D eigenvalue weighted by Gasteiger charge is -2.32. The molecule has 1 aromatic rings. The second-order valence-corrected chi connectivity index (χ2v) is 5.24. The van der Waals surface area contributed by atoms with Crippen LogP contribution >= 0.6 is 0 Å². The van der Waals surface area contributed by atoms with Crippen molar-refractivity contribution in [2.24, 2.45) is 5.92 Å². The maximum Gasteiger partial charge on any atom is 0.392 e. The van der Waals surface area contributed by atoms with E-state index in [9.17, 15) is 17.6 Å². The average Bonchev–Trinajstić information content (AvgIpc) is 2.31. The maximum atomic E-state index is 13.5. The standard InChI is InChI=1S/C15H16F4/c1-9-3-4-11(8-14(9)16)13-6-5-12(7-10(13)2)15(17,18)19/h3-4,8,12-13H,2,5-7H2,1H3/t12-,13+/m0/s1. The summed E-state index contributed by atoms with van der Waals surface area (Å²) in [6.45, 7) is 5.43. The van der Waals surface area contributed by atoms with Crippen molar-refractivity contribution in [1.82, 2.24) is 0 Å². The SMILES string of the molecule is C=C1C[C@@H](C(F)(F)F)CC[C@H]1c1ccc(C)c(F)c1. The highest BCUT2D eigenvalue weighted by Crippen LogP contribution is 2.45. The smallest absolute Gasteiger partial charge is 0.207 e. The summed E-state index contributed by atoms with van der Waals surface area (Å²) in [5, 5.41) is 0. The molecule has 1 aliphatic rings. The van der Waals surface area contributed by atoms with Crippen LogP contribution in [0.25, 0.3) is 0 Å². The van der Waals surface area contributed by atoms with Gasteiger partial charge in [0.2, 0.25) is 0 Å². The topological polar surface area (TPSA) is 0 Å². The van der Waals surface area contributed by atoms with Gasteiger partial charge in [0.25, 0.3) is 0 Å². The molecule has 0 bridgehead atoms. The molecule has 0 aromatic heterocycles. The maximum absolute atomic E-state index is 13.5. The number of hydrogen-bond acceptors (Lipinski definition) is 0. The van der Waals surface area contributed by atoms with Crippen molar-refractivity contribution < 1.29 is 17.6 Å². The van der Waals surface area contributed by atoms with Gasteiger partial charge in [-0.25, -0.2) is 4.39 Å². The van der Waals surface area contributed by atoms with E-state index in [1.165, 1.54) is 6.07 Å². The summed E-state index contributed by atoms with van der Waals surface area (Å²) >= 11 is 0. The van der Waals surface area contributed by atoms with Crippen LogP contribution in [0.1, 0.15) is 36.3 Å². The first-order chi connectivity index (χ1) is 8.79. The number of benzene rings is 1. The van der Waals surface area contributed by atoms with Gasteiger partial charge in [-0.2, -0.15) is 13.2 Å². The zero-order valence-corrected chi connectivity index (χ0v) is 10.7. The van der Waals surface area contributed by atoms with Crippen molar-refractivity contribution in [2.75, 3.05) is 0 Å². The highest BCUT2D eigenvalue weighted by Gasteiger charge is 2.42. The molecule has 2 atom stereocenters. The fraction of sp³-hybridized carbons (Fsp3) is 0.467. The predicted octanol–water partition coefficient (Wildman–Crippen LogP) is 5.14. The van der Waals surface area contributed by atoms with Gasteiger partial charge in [0.05, 0.1) is 5.92 Å². The van der Waals surface area contributed by atoms with Gasteiger partial charge in [-0.05, 0) is 43.4 Å². The Balaban J connectivity index is 2.16. The van der Waals surface area contributed by atoms with Crippen LogP contribution in [0.3, 0.4) is 0 Å². The van der Waals surface area contributed by atoms with Gasteiger partial charge in [0, 0.05) is 5.92 Å². The predicted molar refractivity (Wildman–Crippen MR) is 66.4 cm³/mol. The fourth-order valence-electron chi connectivity index (χ4n) is 2.64. The van der Waals surface area contributed by atoms with Crippen LogP contribution in [0.2, 0.25) is 0 Å². The molecule has 2 rings (SSSR count). The monoisotopic (exact) mass is 272 g/mol. The van der Waals surface area contributed by atoms with Crippen LogP contribution in [0.15, 0.2) is 30.4 Å². The molecule has 19 heavy (non-hydrogen) atoms. The zero-order valence-electron chi connectivity index (χ0n) is 10.7. The fourth-order valence-corrected chi connectivity index (χ4v) is 2.64. The molecule has 104 valence electrons. The van der Waals surface area contributed by atoms with Crippen LogP contribution in [0.5, 0.6) is 0 Å². The number of alkyl halides is 3. The molecule has 0 saturated heterocycles. The summed E-state index contributed by atoms with van der Waals surface area (Å²) in [5.41, 5.74) is 1.82. The molecular weight excluding hydrogens is 256 g/mol. The molecule has 1 aliphatic carbocycles. The van der Waals surface area contributed by atoms with E-state index in [2.05, 4.69) is 6.58 Å². The first-order valence-corrected chi connectivity index (χ1v) is 6.29. The van der Waals surface area contributed by atoms with E-state index >= 15 is 0 Å². The quantitative estimate of drug-likeness (QED) is 0.490. The lowest BCUT2D eigenvalue weighted by molar-refractivity contribution is -0.178. The van der Waals surface area contributed by atoms with E-state index in [4.69, 9.17) is 0 Å². The minimum Gasteiger partial charge on any atom is -0.207 e. The lowest BCUT2D eigenvalue weighted by atomic mass is 9.75. The van der Waals surface area contributed by atoms with Gasteiger partial charge >= 0.3 is 6.18 Å². The Morgan fingerprint density at radius 2 is 1.89 bits per heavy atom. The Morgan fingerprint density at radius 1 is 1.21 bits per heavy atom. The van der Waals surface area contributed by atoms with Crippen molar-refractivity contribution >= 4 is 0 Å². The normalized spacial score (nSPS) is 24.6. The lowest BCUT2D eigenvalue weighted by Crippen LogP contribution is -2.28. The van der Waals surface area contributed by atoms with Crippen LogP contribution < -0.4 is 0 Å². The van der Waals surface area contributed by atoms with Gasteiger partial charge in [0.15, 0.2) is 0 Å². The number of aryl methyl sites for hydroxylation is 1. The number of allylic oxidation sites excluding steroid dienone is 1. The van der Waals surface area contributed by atoms with E-state index in [-0.39, 0.29) is 24.6 Å².